The second-order valence-corrected chi connectivity index (χ2v) is 5.20. The lowest BCUT2D eigenvalue weighted by Crippen LogP contribution is -2.22. The van der Waals surface area contributed by atoms with Crippen LogP contribution in [-0.4, -0.2) is 38.5 Å². The van der Waals surface area contributed by atoms with Gasteiger partial charge in [0.2, 0.25) is 0 Å². The summed E-state index contributed by atoms with van der Waals surface area (Å²) in [4.78, 5) is 13.4. The molecule has 2 N–H and O–H groups in total. The molecule has 3 aromatic heterocycles. The van der Waals surface area contributed by atoms with Crippen LogP contribution in [0.25, 0.3) is 17.0 Å². The number of hydrogen-bond donors (Lipinski definition) is 2. The first-order valence-electron chi connectivity index (χ1n) is 7.12. The van der Waals surface area contributed by atoms with E-state index in [-0.39, 0.29) is 0 Å². The topological polar surface area (TPSA) is 67.1 Å². The van der Waals surface area contributed by atoms with E-state index in [2.05, 4.69) is 25.6 Å². The van der Waals surface area contributed by atoms with Gasteiger partial charge < -0.3 is 10.6 Å². The quantitative estimate of drug-likeness (QED) is 0.762. The summed E-state index contributed by atoms with van der Waals surface area (Å²) < 4.78 is 2.02. The normalized spacial score (nSPS) is 18.2. The molecule has 21 heavy (non-hydrogen) atoms. The van der Waals surface area contributed by atoms with Crippen molar-refractivity contribution < 1.29 is 0 Å². The lowest BCUT2D eigenvalue weighted by Gasteiger charge is -2.12. The number of anilines is 1. The summed E-state index contributed by atoms with van der Waals surface area (Å²) in [5, 5.41) is 6.76. The van der Waals surface area contributed by atoms with Crippen molar-refractivity contribution in [1.82, 2.24) is 24.7 Å². The molecule has 0 spiro atoms. The number of rotatable bonds is 3. The number of pyridine rings is 1. The van der Waals surface area contributed by atoms with Gasteiger partial charge in [-0.3, -0.25) is 9.38 Å². The monoisotopic (exact) mass is 280 g/mol. The number of hydrogen-bond acceptors (Lipinski definition) is 5. The largest absolute Gasteiger partial charge is 0.365 e. The van der Waals surface area contributed by atoms with Crippen LogP contribution in [0.3, 0.4) is 0 Å². The zero-order valence-corrected chi connectivity index (χ0v) is 11.5. The molecule has 0 bridgehead atoms. The molecule has 0 aliphatic carbocycles. The van der Waals surface area contributed by atoms with E-state index in [1.54, 1.807) is 12.4 Å². The van der Waals surface area contributed by atoms with Crippen molar-refractivity contribution in [3.8, 4) is 11.4 Å². The number of nitrogens with one attached hydrogen (secondary N) is 2. The molecule has 1 saturated heterocycles. The van der Waals surface area contributed by atoms with Crippen molar-refractivity contribution in [2.75, 3.05) is 18.4 Å². The van der Waals surface area contributed by atoms with Gasteiger partial charge in [0, 0.05) is 18.8 Å². The van der Waals surface area contributed by atoms with E-state index in [0.29, 0.717) is 6.04 Å². The molecule has 106 valence electrons. The fourth-order valence-electron chi connectivity index (χ4n) is 2.67. The highest BCUT2D eigenvalue weighted by atomic mass is 15.1. The van der Waals surface area contributed by atoms with E-state index in [0.717, 1.165) is 42.4 Å². The molecule has 3 aromatic rings. The van der Waals surface area contributed by atoms with Gasteiger partial charge in [-0.25, -0.2) is 9.97 Å². The minimum Gasteiger partial charge on any atom is -0.365 e. The van der Waals surface area contributed by atoms with E-state index in [1.165, 1.54) is 0 Å². The molecule has 4 heterocycles. The summed E-state index contributed by atoms with van der Waals surface area (Å²) in [5.41, 5.74) is 2.68. The Kier molecular flexibility index (Phi) is 3.01. The molecule has 1 aliphatic rings. The van der Waals surface area contributed by atoms with Gasteiger partial charge in [0.25, 0.3) is 0 Å². The van der Waals surface area contributed by atoms with Crippen LogP contribution in [0.5, 0.6) is 0 Å². The van der Waals surface area contributed by atoms with Gasteiger partial charge in [-0.15, -0.1) is 0 Å². The molecule has 1 fully saturated rings. The molecule has 0 unspecified atom stereocenters. The summed E-state index contributed by atoms with van der Waals surface area (Å²) in [5.74, 6) is 0.812. The Labute approximate surface area is 122 Å². The highest BCUT2D eigenvalue weighted by Gasteiger charge is 2.15. The van der Waals surface area contributed by atoms with Gasteiger partial charge in [-0.2, -0.15) is 0 Å². The van der Waals surface area contributed by atoms with Crippen LogP contribution in [0, 0.1) is 0 Å². The second-order valence-electron chi connectivity index (χ2n) is 5.20. The van der Waals surface area contributed by atoms with Crippen molar-refractivity contribution in [2.45, 2.75) is 12.5 Å². The van der Waals surface area contributed by atoms with E-state index < -0.39 is 0 Å². The standard InChI is InChI=1S/C15H16N6/c1-2-6-21-13(9-18-15(21)3-1)12-8-17-10-14(20-12)19-11-4-5-16-7-11/h1-3,6,8-11,16H,4-5,7H2,(H,19,20)/t11-/m1/s1. The zero-order chi connectivity index (χ0) is 14.1. The van der Waals surface area contributed by atoms with Crippen LogP contribution >= 0.6 is 0 Å². The molecule has 1 atom stereocenters. The van der Waals surface area contributed by atoms with Crippen molar-refractivity contribution in [1.29, 1.82) is 0 Å². The SMILES string of the molecule is c1ccn2c(-c3cncc(N[C@@H]4CCNC4)n3)cnc2c1. The smallest absolute Gasteiger partial charge is 0.145 e. The maximum Gasteiger partial charge on any atom is 0.145 e. The highest BCUT2D eigenvalue weighted by Crippen LogP contribution is 2.19. The summed E-state index contributed by atoms with van der Waals surface area (Å²) in [6.45, 7) is 2.03. The third kappa shape index (κ3) is 2.34. The number of fused-ring (bicyclic) bond motifs is 1. The van der Waals surface area contributed by atoms with Gasteiger partial charge in [-0.05, 0) is 25.1 Å². The molecule has 6 heteroatoms. The zero-order valence-electron chi connectivity index (χ0n) is 11.5. The van der Waals surface area contributed by atoms with E-state index in [4.69, 9.17) is 0 Å². The van der Waals surface area contributed by atoms with Crippen LogP contribution in [0.2, 0.25) is 0 Å². The van der Waals surface area contributed by atoms with Crippen molar-refractivity contribution in [2.24, 2.45) is 0 Å². The maximum atomic E-state index is 4.67. The van der Waals surface area contributed by atoms with Gasteiger partial charge in [-0.1, -0.05) is 6.07 Å². The fraction of sp³-hybridized carbons (Fsp3) is 0.267. The van der Waals surface area contributed by atoms with Gasteiger partial charge >= 0.3 is 0 Å². The van der Waals surface area contributed by atoms with Gasteiger partial charge in [0.15, 0.2) is 0 Å². The fourth-order valence-corrected chi connectivity index (χ4v) is 2.67. The predicted octanol–water partition coefficient (Wildman–Crippen LogP) is 1.57. The lowest BCUT2D eigenvalue weighted by atomic mass is 10.2. The van der Waals surface area contributed by atoms with E-state index in [9.17, 15) is 0 Å². The number of nitrogens with zero attached hydrogens (tertiary/aromatic N) is 4. The first kappa shape index (κ1) is 12.3. The molecule has 1 aliphatic heterocycles. The Bertz CT molecular complexity index is 759. The predicted molar refractivity (Wildman–Crippen MR) is 81.1 cm³/mol. The third-order valence-electron chi connectivity index (χ3n) is 3.73. The Morgan fingerprint density at radius 1 is 1.24 bits per heavy atom. The molecule has 0 saturated carbocycles. The molecular weight excluding hydrogens is 264 g/mol. The Hall–Kier alpha value is -2.47. The number of imidazole rings is 1. The Balaban J connectivity index is 1.68. The summed E-state index contributed by atoms with van der Waals surface area (Å²) in [6, 6.07) is 6.36. The Morgan fingerprint density at radius 2 is 2.24 bits per heavy atom. The second kappa shape index (κ2) is 5.14. The van der Waals surface area contributed by atoms with Crippen LogP contribution < -0.4 is 10.6 Å². The van der Waals surface area contributed by atoms with Gasteiger partial charge in [0.05, 0.1) is 24.3 Å². The van der Waals surface area contributed by atoms with Crippen LogP contribution in [0.1, 0.15) is 6.42 Å². The first-order chi connectivity index (χ1) is 10.4. The van der Waals surface area contributed by atoms with Crippen molar-refractivity contribution in [3.63, 3.8) is 0 Å². The molecule has 0 amide bonds. The van der Waals surface area contributed by atoms with Crippen LogP contribution in [0.4, 0.5) is 5.82 Å². The average molecular weight is 280 g/mol. The molecule has 0 radical (unpaired) electrons. The average Bonchev–Trinajstić information content (AvgIpc) is 3.16. The maximum absolute atomic E-state index is 4.67. The van der Waals surface area contributed by atoms with E-state index in [1.807, 2.05) is 35.0 Å². The first-order valence-corrected chi connectivity index (χ1v) is 7.12. The summed E-state index contributed by atoms with van der Waals surface area (Å²) in [7, 11) is 0. The molecule has 4 rings (SSSR count). The molecular formula is C15H16N6. The lowest BCUT2D eigenvalue weighted by molar-refractivity contribution is 0.786. The molecule has 0 aromatic carbocycles. The Morgan fingerprint density at radius 3 is 3.14 bits per heavy atom. The van der Waals surface area contributed by atoms with Crippen molar-refractivity contribution in [3.05, 3.63) is 43.0 Å². The third-order valence-corrected chi connectivity index (χ3v) is 3.73. The highest BCUT2D eigenvalue weighted by molar-refractivity contribution is 5.60. The van der Waals surface area contributed by atoms with Crippen LogP contribution in [0.15, 0.2) is 43.0 Å². The van der Waals surface area contributed by atoms with Gasteiger partial charge in [0.1, 0.15) is 17.2 Å². The van der Waals surface area contributed by atoms with Crippen molar-refractivity contribution >= 4 is 11.5 Å². The summed E-state index contributed by atoms with van der Waals surface area (Å²) >= 11 is 0. The number of aromatic nitrogens is 4. The minimum atomic E-state index is 0.428. The molecule has 6 nitrogen and oxygen atoms in total. The van der Waals surface area contributed by atoms with E-state index >= 15 is 0 Å². The summed E-state index contributed by atoms with van der Waals surface area (Å²) in [6.07, 6.45) is 8.47. The van der Waals surface area contributed by atoms with Crippen LogP contribution in [-0.2, 0) is 0 Å². The minimum absolute atomic E-state index is 0.428.